The van der Waals surface area contributed by atoms with Crippen LogP contribution in [0, 0.1) is 0 Å². The molecule has 0 saturated carbocycles. The Labute approximate surface area is 55.1 Å². The molecule has 0 radical (unpaired) electrons. The van der Waals surface area contributed by atoms with E-state index in [0.717, 1.165) is 13.1 Å². The zero-order chi connectivity index (χ0) is 6.95. The smallest absolute Gasteiger partial charge is 0.0236 e. The summed E-state index contributed by atoms with van der Waals surface area (Å²) in [5.74, 6) is 0. The molecule has 0 aliphatic heterocycles. The van der Waals surface area contributed by atoms with Crippen LogP contribution in [0.4, 0.5) is 0 Å². The third-order valence-electron chi connectivity index (χ3n) is 0.715. The number of hydrazine groups is 2. The third kappa shape index (κ3) is 7.80. The van der Waals surface area contributed by atoms with Crippen LogP contribution in [0.1, 0.15) is 0 Å². The van der Waals surface area contributed by atoms with Gasteiger partial charge >= 0.3 is 0 Å². The first-order valence-corrected chi connectivity index (χ1v) is 3.02. The van der Waals surface area contributed by atoms with Crippen LogP contribution < -0.4 is 27.9 Å². The highest BCUT2D eigenvalue weighted by atomic mass is 15.6. The third-order valence-corrected chi connectivity index (χ3v) is 0.715. The van der Waals surface area contributed by atoms with Crippen LogP contribution in [0.5, 0.6) is 0 Å². The molecule has 0 aromatic heterocycles. The van der Waals surface area contributed by atoms with Crippen LogP contribution >= 0.6 is 0 Å². The Bertz CT molecular complexity index is 42.2. The second kappa shape index (κ2) is 7.80. The Balaban J connectivity index is 2.60. The van der Waals surface area contributed by atoms with Crippen molar-refractivity contribution in [2.24, 2.45) is 11.5 Å². The van der Waals surface area contributed by atoms with Crippen molar-refractivity contribution >= 4 is 0 Å². The molecule has 5 heteroatoms. The molecule has 0 bridgehead atoms. The van der Waals surface area contributed by atoms with E-state index in [4.69, 9.17) is 11.5 Å². The van der Waals surface area contributed by atoms with Crippen LogP contribution in [-0.2, 0) is 0 Å². The number of hydrogen-bond donors (Lipinski definition) is 5. The molecule has 0 aliphatic carbocycles. The van der Waals surface area contributed by atoms with E-state index in [9.17, 15) is 0 Å². The van der Waals surface area contributed by atoms with Crippen molar-refractivity contribution in [3.05, 3.63) is 0 Å². The molecule has 0 aromatic rings. The minimum atomic E-state index is 0.622. The lowest BCUT2D eigenvalue weighted by molar-refractivity contribution is 0.444. The first-order chi connectivity index (χ1) is 4.41. The standard InChI is InChI=1S/C4H15N5/c5-1-3-7-9-8-4-2-6/h7-9H,1-6H2. The molecule has 0 amide bonds. The van der Waals surface area contributed by atoms with Crippen LogP contribution in [0.3, 0.4) is 0 Å². The van der Waals surface area contributed by atoms with Crippen LogP contribution in [-0.4, -0.2) is 26.2 Å². The largest absolute Gasteiger partial charge is 0.329 e. The SMILES string of the molecule is NCCNNNCCN. The molecular formula is C4H15N5. The predicted molar refractivity (Wildman–Crippen MR) is 37.2 cm³/mol. The number of nitrogens with one attached hydrogen (secondary N) is 3. The van der Waals surface area contributed by atoms with Gasteiger partial charge in [0, 0.05) is 26.2 Å². The molecule has 5 nitrogen and oxygen atoms in total. The maximum Gasteiger partial charge on any atom is 0.0236 e. The molecule has 0 aliphatic rings. The monoisotopic (exact) mass is 133 g/mol. The Hall–Kier alpha value is -0.200. The molecule has 0 fully saturated rings. The van der Waals surface area contributed by atoms with Gasteiger partial charge in [-0.25, -0.2) is 10.9 Å². The highest BCUT2D eigenvalue weighted by Crippen LogP contribution is 1.44. The fourth-order valence-corrected chi connectivity index (χ4v) is 0.332. The fraction of sp³-hybridized carbons (Fsp3) is 1.00. The summed E-state index contributed by atoms with van der Waals surface area (Å²) in [4.78, 5) is 0. The molecule has 0 heterocycles. The second-order valence-electron chi connectivity index (χ2n) is 1.56. The summed E-state index contributed by atoms with van der Waals surface area (Å²) in [6.45, 7) is 2.74. The maximum absolute atomic E-state index is 5.19. The Morgan fingerprint density at radius 2 is 1.33 bits per heavy atom. The molecule has 0 rings (SSSR count). The number of rotatable bonds is 6. The van der Waals surface area contributed by atoms with Gasteiger partial charge in [-0.15, -0.1) is 0 Å². The lowest BCUT2D eigenvalue weighted by Crippen LogP contribution is -2.46. The van der Waals surface area contributed by atoms with E-state index in [1.165, 1.54) is 0 Å². The minimum Gasteiger partial charge on any atom is -0.329 e. The first-order valence-electron chi connectivity index (χ1n) is 3.02. The van der Waals surface area contributed by atoms with Gasteiger partial charge in [-0.2, -0.15) is 5.53 Å². The molecule has 7 N–H and O–H groups in total. The maximum atomic E-state index is 5.19. The van der Waals surface area contributed by atoms with Crippen LogP contribution in [0.2, 0.25) is 0 Å². The van der Waals surface area contributed by atoms with Crippen molar-refractivity contribution in [3.8, 4) is 0 Å². The van der Waals surface area contributed by atoms with Gasteiger partial charge in [0.15, 0.2) is 0 Å². The zero-order valence-corrected chi connectivity index (χ0v) is 5.48. The highest BCUT2D eigenvalue weighted by molar-refractivity contribution is 4.39. The van der Waals surface area contributed by atoms with Crippen molar-refractivity contribution in [2.45, 2.75) is 0 Å². The van der Waals surface area contributed by atoms with Crippen molar-refractivity contribution in [1.29, 1.82) is 0 Å². The van der Waals surface area contributed by atoms with Gasteiger partial charge in [-0.1, -0.05) is 0 Å². The summed E-state index contributed by atoms with van der Waals surface area (Å²) in [5.41, 5.74) is 18.8. The summed E-state index contributed by atoms with van der Waals surface area (Å²) in [6, 6.07) is 0. The van der Waals surface area contributed by atoms with Gasteiger partial charge in [-0.3, -0.25) is 0 Å². The van der Waals surface area contributed by atoms with Crippen LogP contribution in [0.25, 0.3) is 0 Å². The summed E-state index contributed by atoms with van der Waals surface area (Å²) >= 11 is 0. The first kappa shape index (κ1) is 8.80. The van der Waals surface area contributed by atoms with Gasteiger partial charge in [0.05, 0.1) is 0 Å². The summed E-state index contributed by atoms with van der Waals surface area (Å²) in [6.07, 6.45) is 0. The van der Waals surface area contributed by atoms with E-state index < -0.39 is 0 Å². The summed E-state index contributed by atoms with van der Waals surface area (Å²) in [5, 5.41) is 0. The van der Waals surface area contributed by atoms with Crippen molar-refractivity contribution in [2.75, 3.05) is 26.2 Å². The molecule has 0 spiro atoms. The van der Waals surface area contributed by atoms with E-state index in [-0.39, 0.29) is 0 Å². The molecule has 0 aromatic carbocycles. The average Bonchev–Trinajstić information content (AvgIpc) is 1.89. The van der Waals surface area contributed by atoms with Crippen LogP contribution in [0.15, 0.2) is 0 Å². The van der Waals surface area contributed by atoms with E-state index >= 15 is 0 Å². The Kier molecular flexibility index (Phi) is 7.63. The predicted octanol–water partition coefficient (Wildman–Crippen LogP) is -2.50. The van der Waals surface area contributed by atoms with Gasteiger partial charge in [-0.05, 0) is 0 Å². The average molecular weight is 133 g/mol. The lowest BCUT2D eigenvalue weighted by Gasteiger charge is -2.04. The van der Waals surface area contributed by atoms with Crippen molar-refractivity contribution in [1.82, 2.24) is 16.4 Å². The Morgan fingerprint density at radius 3 is 1.67 bits per heavy atom. The van der Waals surface area contributed by atoms with Gasteiger partial charge in [0.25, 0.3) is 0 Å². The normalized spacial score (nSPS) is 10.0. The Morgan fingerprint density at radius 1 is 0.889 bits per heavy atom. The van der Waals surface area contributed by atoms with Gasteiger partial charge < -0.3 is 11.5 Å². The topological polar surface area (TPSA) is 88.1 Å². The molecule has 0 atom stereocenters. The minimum absolute atomic E-state index is 0.622. The lowest BCUT2D eigenvalue weighted by atomic mass is 10.7. The second-order valence-corrected chi connectivity index (χ2v) is 1.56. The van der Waals surface area contributed by atoms with Crippen molar-refractivity contribution < 1.29 is 0 Å². The van der Waals surface area contributed by atoms with Crippen molar-refractivity contribution in [3.63, 3.8) is 0 Å². The fourth-order valence-electron chi connectivity index (χ4n) is 0.332. The zero-order valence-electron chi connectivity index (χ0n) is 5.48. The van der Waals surface area contributed by atoms with E-state index in [0.29, 0.717) is 13.1 Å². The summed E-state index contributed by atoms with van der Waals surface area (Å²) in [7, 11) is 0. The molecule has 9 heavy (non-hydrogen) atoms. The molecule has 0 saturated heterocycles. The quantitative estimate of drug-likeness (QED) is 0.204. The number of hydrogen-bond acceptors (Lipinski definition) is 5. The molecular weight excluding hydrogens is 118 g/mol. The van der Waals surface area contributed by atoms with E-state index in [2.05, 4.69) is 16.4 Å². The number of nitrogens with two attached hydrogens (primary N) is 2. The highest BCUT2D eigenvalue weighted by Gasteiger charge is 1.79. The molecule has 56 valence electrons. The van der Waals surface area contributed by atoms with Gasteiger partial charge in [0.2, 0.25) is 0 Å². The van der Waals surface area contributed by atoms with E-state index in [1.807, 2.05) is 0 Å². The van der Waals surface area contributed by atoms with E-state index in [1.54, 1.807) is 0 Å². The summed E-state index contributed by atoms with van der Waals surface area (Å²) < 4.78 is 0. The van der Waals surface area contributed by atoms with Gasteiger partial charge in [0.1, 0.15) is 0 Å². The molecule has 0 unspecified atom stereocenters.